The predicted molar refractivity (Wildman–Crippen MR) is 70.4 cm³/mol. The lowest BCUT2D eigenvalue weighted by Crippen LogP contribution is -2.04. The molecule has 2 rings (SSSR count). The molecule has 2 aromatic rings. The molecule has 0 N–H and O–H groups in total. The second-order valence-electron chi connectivity index (χ2n) is 4.12. The van der Waals surface area contributed by atoms with Crippen LogP contribution in [-0.4, -0.2) is 9.97 Å². The van der Waals surface area contributed by atoms with Gasteiger partial charge in [0.2, 0.25) is 0 Å². The van der Waals surface area contributed by atoms with Crippen molar-refractivity contribution < 1.29 is 4.39 Å². The molecule has 0 unspecified atom stereocenters. The molecule has 0 amide bonds. The molecular weight excluding hydrogens is 251 g/mol. The summed E-state index contributed by atoms with van der Waals surface area (Å²) in [5, 5.41) is 0.452. The third kappa shape index (κ3) is 2.67. The summed E-state index contributed by atoms with van der Waals surface area (Å²) >= 11 is 6.06. The lowest BCUT2D eigenvalue weighted by Gasteiger charge is -2.08. The van der Waals surface area contributed by atoms with Crippen LogP contribution < -0.4 is 0 Å². The molecule has 1 heterocycles. The molecule has 0 saturated heterocycles. The second-order valence-corrected chi connectivity index (χ2v) is 4.48. The summed E-state index contributed by atoms with van der Waals surface area (Å²) in [6, 6.07) is 6.64. The summed E-state index contributed by atoms with van der Waals surface area (Å²) in [7, 11) is 0. The molecule has 0 aliphatic rings. The fourth-order valence-corrected chi connectivity index (χ4v) is 2.02. The van der Waals surface area contributed by atoms with Crippen molar-refractivity contribution in [1.82, 2.24) is 9.97 Å². The number of rotatable bonds is 3. The molecule has 0 spiro atoms. The molecule has 0 saturated carbocycles. The Hall–Kier alpha value is -1.48. The van der Waals surface area contributed by atoms with Gasteiger partial charge in [-0.3, -0.25) is 0 Å². The van der Waals surface area contributed by atoms with Crippen molar-refractivity contribution in [3.8, 4) is 0 Å². The molecule has 0 aliphatic carbocycles. The number of hydrogen-bond donors (Lipinski definition) is 0. The van der Waals surface area contributed by atoms with Gasteiger partial charge in [-0.1, -0.05) is 36.7 Å². The summed E-state index contributed by atoms with van der Waals surface area (Å²) in [5.74, 6) is 0.323. The fraction of sp³-hybridized carbons (Fsp3) is 0.286. The van der Waals surface area contributed by atoms with Gasteiger partial charge in [0, 0.05) is 17.7 Å². The molecular formula is C14H14ClFN2. The van der Waals surface area contributed by atoms with E-state index in [-0.39, 0.29) is 5.82 Å². The van der Waals surface area contributed by atoms with Gasteiger partial charge in [-0.2, -0.15) is 0 Å². The number of aromatic nitrogens is 2. The molecule has 1 aromatic carbocycles. The number of benzene rings is 1. The Bertz CT molecular complexity index is 570. The van der Waals surface area contributed by atoms with Crippen molar-refractivity contribution in [3.05, 3.63) is 57.9 Å². The van der Waals surface area contributed by atoms with E-state index in [2.05, 4.69) is 9.97 Å². The van der Waals surface area contributed by atoms with E-state index in [1.54, 1.807) is 18.2 Å². The van der Waals surface area contributed by atoms with Crippen molar-refractivity contribution in [3.63, 3.8) is 0 Å². The highest BCUT2D eigenvalue weighted by Gasteiger charge is 2.10. The minimum absolute atomic E-state index is 0.240. The van der Waals surface area contributed by atoms with Gasteiger partial charge >= 0.3 is 0 Å². The van der Waals surface area contributed by atoms with Crippen LogP contribution in [0.15, 0.2) is 24.3 Å². The number of halogens is 2. The highest BCUT2D eigenvalue weighted by molar-refractivity contribution is 6.30. The molecule has 0 bridgehead atoms. The van der Waals surface area contributed by atoms with Gasteiger partial charge in [0.05, 0.1) is 0 Å². The molecule has 94 valence electrons. The van der Waals surface area contributed by atoms with Gasteiger partial charge in [-0.15, -0.1) is 0 Å². The van der Waals surface area contributed by atoms with Crippen LogP contribution in [0.25, 0.3) is 0 Å². The van der Waals surface area contributed by atoms with Crippen molar-refractivity contribution in [2.75, 3.05) is 0 Å². The van der Waals surface area contributed by atoms with Crippen LogP contribution in [0.5, 0.6) is 0 Å². The summed E-state index contributed by atoms with van der Waals surface area (Å²) in [6.45, 7) is 3.91. The van der Waals surface area contributed by atoms with Crippen molar-refractivity contribution >= 4 is 11.6 Å². The lowest BCUT2D eigenvalue weighted by atomic mass is 10.1. The van der Waals surface area contributed by atoms with Crippen molar-refractivity contribution in [2.24, 2.45) is 0 Å². The van der Waals surface area contributed by atoms with E-state index in [0.717, 1.165) is 17.7 Å². The van der Waals surface area contributed by atoms with Crippen LogP contribution in [0.2, 0.25) is 5.15 Å². The Morgan fingerprint density at radius 3 is 2.61 bits per heavy atom. The fourth-order valence-electron chi connectivity index (χ4n) is 1.82. The topological polar surface area (TPSA) is 25.8 Å². The molecule has 0 fully saturated rings. The number of nitrogens with zero attached hydrogens (tertiary/aromatic N) is 2. The van der Waals surface area contributed by atoms with Crippen LogP contribution in [0, 0.1) is 12.7 Å². The van der Waals surface area contributed by atoms with Gasteiger partial charge in [0.15, 0.2) is 0 Å². The highest BCUT2D eigenvalue weighted by Crippen LogP contribution is 2.18. The van der Waals surface area contributed by atoms with E-state index in [0.29, 0.717) is 23.0 Å². The van der Waals surface area contributed by atoms with Gasteiger partial charge in [-0.25, -0.2) is 14.4 Å². The van der Waals surface area contributed by atoms with Crippen LogP contribution in [0.4, 0.5) is 4.39 Å². The zero-order valence-electron chi connectivity index (χ0n) is 10.4. The number of hydrogen-bond acceptors (Lipinski definition) is 2. The van der Waals surface area contributed by atoms with E-state index in [1.807, 2.05) is 13.8 Å². The van der Waals surface area contributed by atoms with Crippen molar-refractivity contribution in [1.29, 1.82) is 0 Å². The standard InChI is InChI=1S/C14H14ClFN2/c1-3-12-9(2)14(15)18-13(17-12)8-10-6-4-5-7-11(10)16/h4-7H,3,8H2,1-2H3. The maximum Gasteiger partial charge on any atom is 0.135 e. The maximum absolute atomic E-state index is 13.5. The van der Waals surface area contributed by atoms with Crippen LogP contribution in [-0.2, 0) is 12.8 Å². The Kier molecular flexibility index (Phi) is 3.92. The second kappa shape index (κ2) is 5.44. The monoisotopic (exact) mass is 264 g/mol. The summed E-state index contributed by atoms with van der Waals surface area (Å²) in [6.07, 6.45) is 1.15. The Balaban J connectivity index is 2.36. The zero-order valence-corrected chi connectivity index (χ0v) is 11.1. The van der Waals surface area contributed by atoms with E-state index >= 15 is 0 Å². The summed E-state index contributed by atoms with van der Waals surface area (Å²) < 4.78 is 13.5. The molecule has 0 radical (unpaired) electrons. The minimum atomic E-state index is -0.240. The number of aryl methyl sites for hydroxylation is 1. The van der Waals surface area contributed by atoms with E-state index in [1.165, 1.54) is 6.07 Å². The summed E-state index contributed by atoms with van der Waals surface area (Å²) in [4.78, 5) is 8.63. The largest absolute Gasteiger partial charge is 0.237 e. The zero-order chi connectivity index (χ0) is 13.1. The van der Waals surface area contributed by atoms with E-state index in [9.17, 15) is 4.39 Å². The Labute approximate surface area is 111 Å². The first-order chi connectivity index (χ1) is 8.61. The van der Waals surface area contributed by atoms with Gasteiger partial charge < -0.3 is 0 Å². The molecule has 2 nitrogen and oxygen atoms in total. The quantitative estimate of drug-likeness (QED) is 0.790. The first kappa shape index (κ1) is 13.0. The molecule has 4 heteroatoms. The van der Waals surface area contributed by atoms with Crippen LogP contribution >= 0.6 is 11.6 Å². The third-order valence-electron chi connectivity index (χ3n) is 2.87. The molecule has 0 aliphatic heterocycles. The smallest absolute Gasteiger partial charge is 0.135 e. The molecule has 1 aromatic heterocycles. The average Bonchev–Trinajstić information content (AvgIpc) is 2.36. The minimum Gasteiger partial charge on any atom is -0.237 e. The molecule has 0 atom stereocenters. The third-order valence-corrected chi connectivity index (χ3v) is 3.24. The van der Waals surface area contributed by atoms with Crippen LogP contribution in [0.1, 0.15) is 29.6 Å². The first-order valence-corrected chi connectivity index (χ1v) is 6.25. The van der Waals surface area contributed by atoms with Gasteiger partial charge in [0.1, 0.15) is 16.8 Å². The van der Waals surface area contributed by atoms with E-state index in [4.69, 9.17) is 11.6 Å². The Morgan fingerprint density at radius 1 is 1.22 bits per heavy atom. The molecule has 18 heavy (non-hydrogen) atoms. The first-order valence-electron chi connectivity index (χ1n) is 5.87. The highest BCUT2D eigenvalue weighted by atomic mass is 35.5. The van der Waals surface area contributed by atoms with Crippen LogP contribution in [0.3, 0.4) is 0 Å². The predicted octanol–water partition coefficient (Wildman–Crippen LogP) is 3.73. The lowest BCUT2D eigenvalue weighted by molar-refractivity contribution is 0.612. The normalized spacial score (nSPS) is 10.7. The van der Waals surface area contributed by atoms with Gasteiger partial charge in [-0.05, 0) is 25.0 Å². The van der Waals surface area contributed by atoms with Gasteiger partial charge in [0.25, 0.3) is 0 Å². The average molecular weight is 265 g/mol. The summed E-state index contributed by atoms with van der Waals surface area (Å²) in [5.41, 5.74) is 2.40. The van der Waals surface area contributed by atoms with Crippen molar-refractivity contribution in [2.45, 2.75) is 26.7 Å². The maximum atomic E-state index is 13.5. The Morgan fingerprint density at radius 2 is 1.94 bits per heavy atom. The van der Waals surface area contributed by atoms with E-state index < -0.39 is 0 Å². The SMILES string of the molecule is CCc1nc(Cc2ccccc2F)nc(Cl)c1C.